The van der Waals surface area contributed by atoms with Crippen molar-refractivity contribution in [2.24, 2.45) is 0 Å². The monoisotopic (exact) mass is 462 g/mol. The molecule has 3 heterocycles. The summed E-state index contributed by atoms with van der Waals surface area (Å²) in [6.45, 7) is 4.21. The van der Waals surface area contributed by atoms with Gasteiger partial charge in [-0.2, -0.15) is 9.97 Å². The Morgan fingerprint density at radius 3 is 2.38 bits per heavy atom. The van der Waals surface area contributed by atoms with Gasteiger partial charge in [-0.05, 0) is 35.7 Å². The van der Waals surface area contributed by atoms with Crippen molar-refractivity contribution in [3.63, 3.8) is 0 Å². The van der Waals surface area contributed by atoms with Crippen molar-refractivity contribution < 1.29 is 19.0 Å². The van der Waals surface area contributed by atoms with E-state index in [4.69, 9.17) is 14.2 Å². The Balaban J connectivity index is 1.23. The highest BCUT2D eigenvalue weighted by molar-refractivity contribution is 5.98. The molecule has 0 saturated carbocycles. The van der Waals surface area contributed by atoms with Gasteiger partial charge < -0.3 is 19.1 Å². The minimum atomic E-state index is -0.249. The zero-order chi connectivity index (χ0) is 23.5. The second kappa shape index (κ2) is 9.56. The maximum Gasteiger partial charge on any atom is 0.253 e. The molecule has 34 heavy (non-hydrogen) atoms. The van der Waals surface area contributed by atoms with E-state index in [1.807, 2.05) is 41.3 Å². The molecule has 0 unspecified atom stereocenters. The Bertz CT molecular complexity index is 1150. The van der Waals surface area contributed by atoms with Gasteiger partial charge >= 0.3 is 0 Å². The number of methoxy groups -OCH3 is 2. The Hall–Kier alpha value is -3.23. The van der Waals surface area contributed by atoms with Gasteiger partial charge in [-0.15, -0.1) is 0 Å². The lowest BCUT2D eigenvalue weighted by molar-refractivity contribution is -0.134. The molecule has 0 bridgehead atoms. The predicted octanol–water partition coefficient (Wildman–Crippen LogP) is 3.15. The van der Waals surface area contributed by atoms with E-state index < -0.39 is 0 Å². The van der Waals surface area contributed by atoms with Crippen molar-refractivity contribution >= 4 is 16.7 Å². The first kappa shape index (κ1) is 22.6. The van der Waals surface area contributed by atoms with Crippen LogP contribution >= 0.6 is 0 Å². The van der Waals surface area contributed by atoms with Crippen LogP contribution in [0.5, 0.6) is 11.8 Å². The Kier molecular flexibility index (Phi) is 6.34. The third kappa shape index (κ3) is 4.69. The molecule has 0 aliphatic carbocycles. The number of rotatable bonds is 5. The molecule has 1 amide bonds. The third-order valence-corrected chi connectivity index (χ3v) is 6.79. The van der Waals surface area contributed by atoms with Crippen molar-refractivity contribution in [2.45, 2.75) is 25.0 Å². The van der Waals surface area contributed by atoms with Gasteiger partial charge in [-0.3, -0.25) is 9.69 Å². The first-order valence-corrected chi connectivity index (χ1v) is 11.7. The number of benzene rings is 2. The second-order valence-corrected chi connectivity index (χ2v) is 8.97. The third-order valence-electron chi connectivity index (χ3n) is 6.79. The quantitative estimate of drug-likeness (QED) is 0.576. The van der Waals surface area contributed by atoms with Gasteiger partial charge in [0.2, 0.25) is 11.8 Å². The fourth-order valence-electron chi connectivity index (χ4n) is 4.91. The van der Waals surface area contributed by atoms with Crippen LogP contribution in [-0.4, -0.2) is 78.3 Å². The minimum absolute atomic E-state index is 0.0881. The summed E-state index contributed by atoms with van der Waals surface area (Å²) >= 11 is 0. The molecule has 0 N–H and O–H groups in total. The molecule has 178 valence electrons. The molecule has 8 heteroatoms. The highest BCUT2D eigenvalue weighted by atomic mass is 16.5. The number of nitrogens with zero attached hydrogens (tertiary/aromatic N) is 4. The van der Waals surface area contributed by atoms with Crippen molar-refractivity contribution in [3.05, 3.63) is 59.9 Å². The molecule has 1 spiro atoms. The lowest BCUT2D eigenvalue weighted by Crippen LogP contribution is -2.57. The van der Waals surface area contributed by atoms with Gasteiger partial charge in [0.1, 0.15) is 5.82 Å². The highest BCUT2D eigenvalue weighted by Gasteiger charge is 2.41. The molecule has 2 aliphatic rings. The first-order chi connectivity index (χ1) is 16.6. The van der Waals surface area contributed by atoms with Gasteiger partial charge in [0.25, 0.3) is 5.91 Å². The van der Waals surface area contributed by atoms with Crippen LogP contribution in [0.2, 0.25) is 0 Å². The molecule has 2 aromatic carbocycles. The van der Waals surface area contributed by atoms with E-state index in [2.05, 4.69) is 20.9 Å². The Morgan fingerprint density at radius 2 is 1.68 bits per heavy atom. The van der Waals surface area contributed by atoms with Crippen molar-refractivity contribution in [1.29, 1.82) is 0 Å². The molecule has 5 rings (SSSR count). The van der Waals surface area contributed by atoms with E-state index in [0.717, 1.165) is 42.3 Å². The maximum absolute atomic E-state index is 13.2. The Morgan fingerprint density at radius 1 is 0.971 bits per heavy atom. The summed E-state index contributed by atoms with van der Waals surface area (Å²) in [5.74, 6) is 1.73. The highest BCUT2D eigenvalue weighted by Crippen LogP contribution is 2.31. The standard InChI is InChI=1S/C26H30N4O4/c1-32-23-16-24(33-2)28-22(27-23)17-29-13-14-34-26(18-29)9-11-30(12-10-26)25(31)21-8-7-19-5-3-4-6-20(19)15-21/h3-8,15-16H,9-14,17-18H2,1-2H3. The average molecular weight is 463 g/mol. The second-order valence-electron chi connectivity index (χ2n) is 8.97. The molecule has 1 aromatic heterocycles. The van der Waals surface area contributed by atoms with E-state index in [9.17, 15) is 4.79 Å². The SMILES string of the molecule is COc1cc(OC)nc(CN2CCOC3(CCN(C(=O)c4ccc5ccccc5c4)CC3)C2)n1. The zero-order valence-electron chi connectivity index (χ0n) is 19.7. The molecular weight excluding hydrogens is 432 g/mol. The fraction of sp³-hybridized carbons (Fsp3) is 0.423. The minimum Gasteiger partial charge on any atom is -0.481 e. The van der Waals surface area contributed by atoms with Crippen molar-refractivity contribution in [2.75, 3.05) is 47.0 Å². The molecule has 2 aliphatic heterocycles. The summed E-state index contributed by atoms with van der Waals surface area (Å²) in [5, 5.41) is 2.23. The predicted molar refractivity (Wildman–Crippen MR) is 128 cm³/mol. The van der Waals surface area contributed by atoms with Gasteiger partial charge in [-0.1, -0.05) is 30.3 Å². The van der Waals surface area contributed by atoms with Crippen LogP contribution in [-0.2, 0) is 11.3 Å². The van der Waals surface area contributed by atoms with E-state index in [-0.39, 0.29) is 11.5 Å². The Labute approximate surface area is 199 Å². The normalized spacial score (nSPS) is 18.2. The van der Waals surface area contributed by atoms with Crippen LogP contribution in [0.4, 0.5) is 0 Å². The number of fused-ring (bicyclic) bond motifs is 1. The van der Waals surface area contributed by atoms with Gasteiger partial charge in [-0.25, -0.2) is 0 Å². The van der Waals surface area contributed by atoms with E-state index in [1.165, 1.54) is 0 Å². The summed E-state index contributed by atoms with van der Waals surface area (Å²) in [7, 11) is 3.17. The lowest BCUT2D eigenvalue weighted by atomic mass is 9.89. The maximum atomic E-state index is 13.2. The molecule has 0 radical (unpaired) electrons. The molecule has 0 atom stereocenters. The molecule has 2 fully saturated rings. The lowest BCUT2D eigenvalue weighted by Gasteiger charge is -2.47. The number of ether oxygens (including phenoxy) is 3. The summed E-state index contributed by atoms with van der Waals surface area (Å²) < 4.78 is 16.8. The van der Waals surface area contributed by atoms with Crippen LogP contribution in [0.3, 0.4) is 0 Å². The summed E-state index contributed by atoms with van der Waals surface area (Å²) in [5.41, 5.74) is 0.492. The van der Waals surface area contributed by atoms with Crippen LogP contribution in [0.15, 0.2) is 48.5 Å². The van der Waals surface area contributed by atoms with Crippen LogP contribution in [0.25, 0.3) is 10.8 Å². The number of hydrogen-bond donors (Lipinski definition) is 0. The van der Waals surface area contributed by atoms with Gasteiger partial charge in [0, 0.05) is 31.7 Å². The summed E-state index contributed by atoms with van der Waals surface area (Å²) in [4.78, 5) is 26.4. The smallest absolute Gasteiger partial charge is 0.253 e. The number of hydrogen-bond acceptors (Lipinski definition) is 7. The largest absolute Gasteiger partial charge is 0.481 e. The summed E-state index contributed by atoms with van der Waals surface area (Å²) in [6.07, 6.45) is 1.62. The molecule has 3 aromatic rings. The average Bonchev–Trinajstić information content (AvgIpc) is 2.88. The number of likely N-dealkylation sites (tertiary alicyclic amines) is 1. The number of morpholine rings is 1. The van der Waals surface area contributed by atoms with Crippen LogP contribution < -0.4 is 9.47 Å². The molecule has 2 saturated heterocycles. The number of carbonyl (C=O) groups excluding carboxylic acids is 1. The summed E-state index contributed by atoms with van der Waals surface area (Å²) in [6, 6.07) is 15.7. The molecule has 8 nitrogen and oxygen atoms in total. The number of aromatic nitrogens is 2. The van der Waals surface area contributed by atoms with E-state index in [0.29, 0.717) is 43.8 Å². The van der Waals surface area contributed by atoms with Crippen molar-refractivity contribution in [1.82, 2.24) is 19.8 Å². The van der Waals surface area contributed by atoms with Gasteiger partial charge in [0.15, 0.2) is 0 Å². The molecular formula is C26H30N4O4. The number of amides is 1. The van der Waals surface area contributed by atoms with E-state index in [1.54, 1.807) is 20.3 Å². The van der Waals surface area contributed by atoms with Crippen molar-refractivity contribution in [3.8, 4) is 11.8 Å². The van der Waals surface area contributed by atoms with Gasteiger partial charge in [0.05, 0.1) is 39.0 Å². The first-order valence-electron chi connectivity index (χ1n) is 11.7. The van der Waals surface area contributed by atoms with E-state index >= 15 is 0 Å². The van der Waals surface area contributed by atoms with Crippen LogP contribution in [0.1, 0.15) is 29.0 Å². The topological polar surface area (TPSA) is 77.0 Å². The zero-order valence-corrected chi connectivity index (χ0v) is 19.7. The number of carbonyl (C=O) groups is 1. The fourth-order valence-corrected chi connectivity index (χ4v) is 4.91. The van der Waals surface area contributed by atoms with Crippen LogP contribution in [0, 0.1) is 0 Å². The number of piperidine rings is 1.